The molecule has 0 saturated heterocycles. The lowest BCUT2D eigenvalue weighted by Gasteiger charge is -2.11. The highest BCUT2D eigenvalue weighted by Gasteiger charge is 2.22. The molecular weight excluding hydrogens is 262 g/mol. The Balaban J connectivity index is 1.76. The third-order valence-corrected chi connectivity index (χ3v) is 4.12. The first kappa shape index (κ1) is 14.6. The fraction of sp³-hybridized carbons (Fsp3) is 0.556. The molecule has 0 radical (unpaired) electrons. The number of para-hydroxylation sites is 1. The molecule has 1 N–H and O–H groups in total. The largest absolute Gasteiger partial charge is 0.458 e. The average Bonchev–Trinajstić information content (AvgIpc) is 3.24. The van der Waals surface area contributed by atoms with Gasteiger partial charge in [-0.1, -0.05) is 31.5 Å². The van der Waals surface area contributed by atoms with Crippen molar-refractivity contribution in [3.63, 3.8) is 0 Å². The van der Waals surface area contributed by atoms with Crippen LogP contribution in [0.1, 0.15) is 50.9 Å². The van der Waals surface area contributed by atoms with Crippen molar-refractivity contribution in [1.82, 2.24) is 5.32 Å². The third-order valence-electron chi connectivity index (χ3n) is 4.12. The number of nitrogens with one attached hydrogen (secondary N) is 1. The lowest BCUT2D eigenvalue weighted by molar-refractivity contribution is 0.0374. The van der Waals surface area contributed by atoms with Crippen LogP contribution >= 0.6 is 0 Å². The third kappa shape index (κ3) is 3.66. The molecule has 0 spiro atoms. The molecule has 1 aromatic heterocycles. The fourth-order valence-corrected chi connectivity index (χ4v) is 2.70. The van der Waals surface area contributed by atoms with Crippen molar-refractivity contribution in [2.24, 2.45) is 0 Å². The molecule has 1 fully saturated rings. The number of ether oxygens (including phenoxy) is 1. The SMILES string of the molecule is CCCC(C)OCc1oc2ccccc2c1CNC1CC1. The maximum absolute atomic E-state index is 6.02. The normalized spacial score (nSPS) is 16.5. The zero-order chi connectivity index (χ0) is 14.7. The van der Waals surface area contributed by atoms with Gasteiger partial charge in [0.05, 0.1) is 6.10 Å². The van der Waals surface area contributed by atoms with Gasteiger partial charge in [-0.2, -0.15) is 0 Å². The summed E-state index contributed by atoms with van der Waals surface area (Å²) >= 11 is 0. The van der Waals surface area contributed by atoms with Crippen LogP contribution in [0.25, 0.3) is 11.0 Å². The van der Waals surface area contributed by atoms with E-state index in [0.717, 1.165) is 30.7 Å². The smallest absolute Gasteiger partial charge is 0.135 e. The van der Waals surface area contributed by atoms with Crippen molar-refractivity contribution in [3.8, 4) is 0 Å². The predicted octanol–water partition coefficient (Wildman–Crippen LogP) is 4.39. The number of hydrogen-bond acceptors (Lipinski definition) is 3. The van der Waals surface area contributed by atoms with Gasteiger partial charge in [0.25, 0.3) is 0 Å². The van der Waals surface area contributed by atoms with Gasteiger partial charge in [-0.25, -0.2) is 0 Å². The van der Waals surface area contributed by atoms with Crippen LogP contribution in [0.3, 0.4) is 0 Å². The number of furan rings is 1. The van der Waals surface area contributed by atoms with Crippen LogP contribution < -0.4 is 5.32 Å². The topological polar surface area (TPSA) is 34.4 Å². The molecule has 0 aliphatic heterocycles. The highest BCUT2D eigenvalue weighted by Crippen LogP contribution is 2.28. The molecule has 1 atom stereocenters. The lowest BCUT2D eigenvalue weighted by atomic mass is 10.1. The van der Waals surface area contributed by atoms with E-state index in [0.29, 0.717) is 12.6 Å². The molecule has 3 heteroatoms. The van der Waals surface area contributed by atoms with Crippen LogP contribution in [-0.4, -0.2) is 12.1 Å². The van der Waals surface area contributed by atoms with E-state index in [1.165, 1.54) is 23.8 Å². The average molecular weight is 287 g/mol. The number of fused-ring (bicyclic) bond motifs is 1. The minimum Gasteiger partial charge on any atom is -0.458 e. The van der Waals surface area contributed by atoms with Gasteiger partial charge in [0.15, 0.2) is 0 Å². The fourth-order valence-electron chi connectivity index (χ4n) is 2.70. The molecule has 21 heavy (non-hydrogen) atoms. The minimum atomic E-state index is 0.285. The second kappa shape index (κ2) is 6.63. The quantitative estimate of drug-likeness (QED) is 0.782. The van der Waals surface area contributed by atoms with Crippen LogP contribution in [0.15, 0.2) is 28.7 Å². The molecule has 1 saturated carbocycles. The van der Waals surface area contributed by atoms with Gasteiger partial charge in [-0.05, 0) is 32.3 Å². The minimum absolute atomic E-state index is 0.285. The zero-order valence-corrected chi connectivity index (χ0v) is 13.0. The van der Waals surface area contributed by atoms with Gasteiger partial charge < -0.3 is 14.5 Å². The summed E-state index contributed by atoms with van der Waals surface area (Å²) in [5.74, 6) is 0.979. The molecule has 3 nitrogen and oxygen atoms in total. The van der Waals surface area contributed by atoms with E-state index in [9.17, 15) is 0 Å². The molecule has 114 valence electrons. The summed E-state index contributed by atoms with van der Waals surface area (Å²) in [5.41, 5.74) is 2.23. The van der Waals surface area contributed by atoms with E-state index in [-0.39, 0.29) is 6.10 Å². The maximum Gasteiger partial charge on any atom is 0.135 e. The molecule has 1 aliphatic carbocycles. The summed E-state index contributed by atoms with van der Waals surface area (Å²) in [4.78, 5) is 0. The van der Waals surface area contributed by atoms with Crippen molar-refractivity contribution >= 4 is 11.0 Å². The summed E-state index contributed by atoms with van der Waals surface area (Å²) in [6.45, 7) is 5.76. The first-order valence-electron chi connectivity index (χ1n) is 8.12. The summed E-state index contributed by atoms with van der Waals surface area (Å²) in [6.07, 6.45) is 5.13. The Labute approximate surface area is 126 Å². The molecule has 1 aliphatic rings. The van der Waals surface area contributed by atoms with E-state index in [1.807, 2.05) is 12.1 Å². The zero-order valence-electron chi connectivity index (χ0n) is 13.0. The van der Waals surface area contributed by atoms with Gasteiger partial charge in [-0.3, -0.25) is 0 Å². The lowest BCUT2D eigenvalue weighted by Crippen LogP contribution is -2.16. The van der Waals surface area contributed by atoms with Crippen LogP contribution in [0.2, 0.25) is 0 Å². The van der Waals surface area contributed by atoms with Crippen LogP contribution in [0, 0.1) is 0 Å². The summed E-state index contributed by atoms with van der Waals surface area (Å²) < 4.78 is 12.0. The van der Waals surface area contributed by atoms with Crippen LogP contribution in [-0.2, 0) is 17.9 Å². The van der Waals surface area contributed by atoms with E-state index >= 15 is 0 Å². The summed E-state index contributed by atoms with van der Waals surface area (Å²) in [7, 11) is 0. The Morgan fingerprint density at radius 1 is 1.33 bits per heavy atom. The van der Waals surface area contributed by atoms with Gasteiger partial charge in [-0.15, -0.1) is 0 Å². The second-order valence-electron chi connectivity index (χ2n) is 6.07. The highest BCUT2D eigenvalue weighted by atomic mass is 16.5. The van der Waals surface area contributed by atoms with Crippen LogP contribution in [0.5, 0.6) is 0 Å². The molecule has 1 aromatic carbocycles. The van der Waals surface area contributed by atoms with Gasteiger partial charge in [0.2, 0.25) is 0 Å². The molecule has 0 bridgehead atoms. The van der Waals surface area contributed by atoms with Crippen molar-refractivity contribution in [2.45, 2.75) is 64.8 Å². The van der Waals surface area contributed by atoms with E-state index in [2.05, 4.69) is 31.3 Å². The molecule has 1 heterocycles. The van der Waals surface area contributed by atoms with Crippen molar-refractivity contribution in [2.75, 3.05) is 0 Å². The highest BCUT2D eigenvalue weighted by molar-refractivity contribution is 5.82. The predicted molar refractivity (Wildman–Crippen MR) is 85.2 cm³/mol. The number of rotatable bonds is 8. The van der Waals surface area contributed by atoms with Gasteiger partial charge in [0.1, 0.15) is 18.0 Å². The standard InChI is InChI=1S/C18H25NO2/c1-3-6-13(2)20-12-18-16(11-19-14-9-10-14)15-7-4-5-8-17(15)21-18/h4-5,7-8,13-14,19H,3,6,9-12H2,1-2H3. The first-order chi connectivity index (χ1) is 10.3. The summed E-state index contributed by atoms with van der Waals surface area (Å²) in [5, 5.41) is 4.80. The van der Waals surface area contributed by atoms with E-state index in [1.54, 1.807) is 0 Å². The molecule has 0 amide bonds. The van der Waals surface area contributed by atoms with E-state index in [4.69, 9.17) is 9.15 Å². The molecular formula is C18H25NO2. The number of hydrogen-bond donors (Lipinski definition) is 1. The molecule has 2 aromatic rings. The molecule has 3 rings (SSSR count). The van der Waals surface area contributed by atoms with Gasteiger partial charge >= 0.3 is 0 Å². The van der Waals surface area contributed by atoms with Crippen molar-refractivity contribution < 1.29 is 9.15 Å². The Kier molecular flexibility index (Phi) is 4.61. The maximum atomic E-state index is 6.02. The van der Waals surface area contributed by atoms with E-state index < -0.39 is 0 Å². The Morgan fingerprint density at radius 3 is 2.90 bits per heavy atom. The first-order valence-corrected chi connectivity index (χ1v) is 8.12. The van der Waals surface area contributed by atoms with Gasteiger partial charge in [0, 0.05) is 23.5 Å². The van der Waals surface area contributed by atoms with Crippen LogP contribution in [0.4, 0.5) is 0 Å². The van der Waals surface area contributed by atoms with Crippen molar-refractivity contribution in [3.05, 3.63) is 35.6 Å². The Hall–Kier alpha value is -1.32. The molecule has 1 unspecified atom stereocenters. The Bertz CT molecular complexity index is 586. The monoisotopic (exact) mass is 287 g/mol. The summed E-state index contributed by atoms with van der Waals surface area (Å²) in [6, 6.07) is 8.97. The van der Waals surface area contributed by atoms with Crippen molar-refractivity contribution in [1.29, 1.82) is 0 Å². The second-order valence-corrected chi connectivity index (χ2v) is 6.07. The number of benzene rings is 1. The Morgan fingerprint density at radius 2 is 2.14 bits per heavy atom.